The van der Waals surface area contributed by atoms with E-state index >= 15 is 0 Å². The van der Waals surface area contributed by atoms with E-state index in [0.29, 0.717) is 5.41 Å². The Morgan fingerprint density at radius 1 is 0.783 bits per heavy atom. The van der Waals surface area contributed by atoms with E-state index in [1.54, 1.807) is 0 Å². The number of hydrogen-bond donors (Lipinski definition) is 0. The summed E-state index contributed by atoms with van der Waals surface area (Å²) in [7, 11) is 0. The second kappa shape index (κ2) is 18.1. The predicted molar refractivity (Wildman–Crippen MR) is 112 cm³/mol. The van der Waals surface area contributed by atoms with Gasteiger partial charge in [0, 0.05) is 0 Å². The summed E-state index contributed by atoms with van der Waals surface area (Å²) in [6.45, 7) is 24.5. The number of allylic oxidation sites excluding steroid dienone is 2. The van der Waals surface area contributed by atoms with Crippen LogP contribution in [0.4, 0.5) is 0 Å². The summed E-state index contributed by atoms with van der Waals surface area (Å²) in [5.41, 5.74) is 0.500. The van der Waals surface area contributed by atoms with Gasteiger partial charge in [0.25, 0.3) is 0 Å². The van der Waals surface area contributed by atoms with Crippen LogP contribution in [-0.2, 0) is 0 Å². The fourth-order valence-corrected chi connectivity index (χ4v) is 2.03. The smallest absolute Gasteiger partial charge is 0.0205 e. The molecule has 0 heteroatoms. The lowest BCUT2D eigenvalue weighted by molar-refractivity contribution is 0.232. The van der Waals surface area contributed by atoms with Crippen molar-refractivity contribution >= 4 is 0 Å². The molecule has 1 aliphatic carbocycles. The second-order valence-corrected chi connectivity index (χ2v) is 7.41. The highest BCUT2D eigenvalue weighted by atomic mass is 14.4. The molecule has 0 aliphatic heterocycles. The summed E-state index contributed by atoms with van der Waals surface area (Å²) in [6, 6.07) is 0. The van der Waals surface area contributed by atoms with E-state index in [1.165, 1.54) is 38.5 Å². The molecule has 0 aromatic heterocycles. The predicted octanol–water partition coefficient (Wildman–Crippen LogP) is 8.91. The molecule has 0 bridgehead atoms. The molecular weight excluding hydrogens is 276 g/mol. The van der Waals surface area contributed by atoms with Crippen LogP contribution in [0.15, 0.2) is 12.2 Å². The minimum atomic E-state index is 0.500. The van der Waals surface area contributed by atoms with Gasteiger partial charge in [-0.1, -0.05) is 127 Å². The summed E-state index contributed by atoms with van der Waals surface area (Å²) in [6.07, 6.45) is 12.8. The lowest BCUT2D eigenvalue weighted by Crippen LogP contribution is -2.21. The average molecular weight is 327 g/mol. The van der Waals surface area contributed by atoms with Crippen molar-refractivity contribution in [3.8, 4) is 0 Å². The van der Waals surface area contributed by atoms with Crippen LogP contribution in [0.25, 0.3) is 0 Å². The van der Waals surface area contributed by atoms with E-state index in [9.17, 15) is 0 Å². The third-order valence-electron chi connectivity index (χ3n) is 5.39. The maximum absolute atomic E-state index is 2.34. The van der Waals surface area contributed by atoms with E-state index in [0.717, 1.165) is 17.8 Å². The minimum absolute atomic E-state index is 0.500. The minimum Gasteiger partial charge on any atom is -0.0849 e. The molecule has 2 unspecified atom stereocenters. The Balaban J connectivity index is -0.000000256. The molecule has 0 fully saturated rings. The molecule has 0 aromatic rings. The monoisotopic (exact) mass is 326 g/mol. The lowest BCUT2D eigenvalue weighted by Gasteiger charge is -2.28. The average Bonchev–Trinajstić information content (AvgIpc) is 2.81. The van der Waals surface area contributed by atoms with Gasteiger partial charge in [0.1, 0.15) is 0 Å². The standard InChI is InChI=1S/C9H16.2C6H14.C2H6/c1-7-5-6-8(2)9(7,3)4;1-4-6(3)5-2;1-3-5-6-4-2;1-2/h5-8H,1-4H3;6H,4-5H2,1-3H3;3-6H2,1-2H3;1-2H3. The van der Waals surface area contributed by atoms with Crippen molar-refractivity contribution in [1.29, 1.82) is 0 Å². The Labute approximate surface area is 150 Å². The number of rotatable bonds is 5. The normalized spacial score (nSPS) is 20.7. The fraction of sp³-hybridized carbons (Fsp3) is 0.913. The summed E-state index contributed by atoms with van der Waals surface area (Å²) in [4.78, 5) is 0. The molecule has 0 N–H and O–H groups in total. The highest BCUT2D eigenvalue weighted by Crippen LogP contribution is 2.41. The first-order chi connectivity index (χ1) is 10.8. The zero-order valence-electron chi connectivity index (χ0n) is 18.6. The third-order valence-corrected chi connectivity index (χ3v) is 5.39. The van der Waals surface area contributed by atoms with Crippen molar-refractivity contribution in [3.05, 3.63) is 12.2 Å². The highest BCUT2D eigenvalue weighted by Gasteiger charge is 2.32. The molecule has 2 atom stereocenters. The van der Waals surface area contributed by atoms with Gasteiger partial charge in [-0.05, 0) is 23.2 Å². The Kier molecular flexibility index (Phi) is 21.7. The molecule has 142 valence electrons. The number of hydrogen-bond acceptors (Lipinski definition) is 0. The summed E-state index contributed by atoms with van der Waals surface area (Å²) in [5, 5.41) is 0. The first-order valence-electron chi connectivity index (χ1n) is 10.5. The molecule has 0 saturated heterocycles. The lowest BCUT2D eigenvalue weighted by atomic mass is 9.76. The fourth-order valence-electron chi connectivity index (χ4n) is 2.03. The van der Waals surface area contributed by atoms with Crippen molar-refractivity contribution in [2.45, 2.75) is 115 Å². The van der Waals surface area contributed by atoms with Gasteiger partial charge in [-0.3, -0.25) is 0 Å². The molecule has 0 radical (unpaired) electrons. The highest BCUT2D eigenvalue weighted by molar-refractivity contribution is 5.08. The SMILES string of the molecule is CC.CC1C=CC(C)C1(C)C.CCC(C)CC.CCCCCC. The molecule has 0 amide bonds. The zero-order chi connectivity index (χ0) is 18.9. The summed E-state index contributed by atoms with van der Waals surface area (Å²) >= 11 is 0. The molecular formula is C23H50. The summed E-state index contributed by atoms with van der Waals surface area (Å²) in [5.74, 6) is 2.45. The van der Waals surface area contributed by atoms with Gasteiger partial charge in [0.05, 0.1) is 0 Å². The number of unbranched alkanes of at least 4 members (excludes halogenated alkanes) is 3. The quantitative estimate of drug-likeness (QED) is 0.349. The van der Waals surface area contributed by atoms with Crippen LogP contribution in [0.5, 0.6) is 0 Å². The first-order valence-corrected chi connectivity index (χ1v) is 10.5. The van der Waals surface area contributed by atoms with Gasteiger partial charge in [-0.25, -0.2) is 0 Å². The van der Waals surface area contributed by atoms with Crippen molar-refractivity contribution in [2.75, 3.05) is 0 Å². The Morgan fingerprint density at radius 2 is 1.09 bits per heavy atom. The van der Waals surface area contributed by atoms with Gasteiger partial charge in [-0.15, -0.1) is 0 Å². The molecule has 1 aliphatic rings. The van der Waals surface area contributed by atoms with Crippen molar-refractivity contribution in [3.63, 3.8) is 0 Å². The Bertz CT molecular complexity index is 214. The van der Waals surface area contributed by atoms with Gasteiger partial charge >= 0.3 is 0 Å². The molecule has 0 saturated carbocycles. The van der Waals surface area contributed by atoms with E-state index in [2.05, 4.69) is 74.5 Å². The van der Waals surface area contributed by atoms with Crippen LogP contribution < -0.4 is 0 Å². The molecule has 0 aromatic carbocycles. The van der Waals surface area contributed by atoms with Crippen molar-refractivity contribution in [2.24, 2.45) is 23.2 Å². The van der Waals surface area contributed by atoms with E-state index < -0.39 is 0 Å². The van der Waals surface area contributed by atoms with Gasteiger partial charge in [-0.2, -0.15) is 0 Å². The maximum atomic E-state index is 2.34. The van der Waals surface area contributed by atoms with Crippen LogP contribution in [0.2, 0.25) is 0 Å². The van der Waals surface area contributed by atoms with Gasteiger partial charge < -0.3 is 0 Å². The zero-order valence-corrected chi connectivity index (χ0v) is 18.6. The van der Waals surface area contributed by atoms with E-state index in [4.69, 9.17) is 0 Å². The Hall–Kier alpha value is -0.260. The molecule has 0 heterocycles. The van der Waals surface area contributed by atoms with Crippen LogP contribution in [0, 0.1) is 23.2 Å². The van der Waals surface area contributed by atoms with E-state index in [-0.39, 0.29) is 0 Å². The molecule has 23 heavy (non-hydrogen) atoms. The van der Waals surface area contributed by atoms with Gasteiger partial charge in [0.2, 0.25) is 0 Å². The summed E-state index contributed by atoms with van der Waals surface area (Å²) < 4.78 is 0. The topological polar surface area (TPSA) is 0 Å². The third kappa shape index (κ3) is 15.0. The second-order valence-electron chi connectivity index (χ2n) is 7.41. The Morgan fingerprint density at radius 3 is 1.17 bits per heavy atom. The van der Waals surface area contributed by atoms with Crippen molar-refractivity contribution in [1.82, 2.24) is 0 Å². The molecule has 0 nitrogen and oxygen atoms in total. The van der Waals surface area contributed by atoms with Crippen LogP contribution in [0.1, 0.15) is 115 Å². The van der Waals surface area contributed by atoms with Gasteiger partial charge in [0.15, 0.2) is 0 Å². The van der Waals surface area contributed by atoms with Crippen molar-refractivity contribution < 1.29 is 0 Å². The van der Waals surface area contributed by atoms with E-state index in [1.807, 2.05) is 13.8 Å². The van der Waals surface area contributed by atoms with Crippen LogP contribution in [0.3, 0.4) is 0 Å². The largest absolute Gasteiger partial charge is 0.0849 e. The van der Waals surface area contributed by atoms with Crippen LogP contribution in [-0.4, -0.2) is 0 Å². The van der Waals surface area contributed by atoms with Crippen LogP contribution >= 0.6 is 0 Å². The first kappa shape index (κ1) is 27.6. The molecule has 0 spiro atoms. The molecule has 1 rings (SSSR count). The maximum Gasteiger partial charge on any atom is -0.0205 e.